The number of sulfone groups is 1. The predicted octanol–water partition coefficient (Wildman–Crippen LogP) is 1.76. The Hall–Kier alpha value is -1.72. The van der Waals surface area contributed by atoms with Crippen LogP contribution in [0.5, 0.6) is 0 Å². The highest BCUT2D eigenvalue weighted by Crippen LogP contribution is 2.19. The van der Waals surface area contributed by atoms with E-state index >= 15 is 0 Å². The summed E-state index contributed by atoms with van der Waals surface area (Å²) in [4.78, 5) is 4.40. The van der Waals surface area contributed by atoms with Crippen molar-refractivity contribution in [3.8, 4) is 0 Å². The number of rotatable bonds is 4. The average Bonchev–Trinajstić information content (AvgIpc) is 2.39. The Morgan fingerprint density at radius 1 is 1.16 bits per heavy atom. The summed E-state index contributed by atoms with van der Waals surface area (Å²) in [6, 6.07) is 11.8. The molecule has 0 amide bonds. The molecule has 0 aliphatic rings. The van der Waals surface area contributed by atoms with Gasteiger partial charge in [0.25, 0.3) is 0 Å². The second kappa shape index (κ2) is 5.50. The summed E-state index contributed by atoms with van der Waals surface area (Å²) in [5.41, 5.74) is 1.47. The van der Waals surface area contributed by atoms with E-state index in [4.69, 9.17) is 0 Å². The van der Waals surface area contributed by atoms with E-state index in [2.05, 4.69) is 4.98 Å². The molecule has 5 heteroatoms. The first-order chi connectivity index (χ1) is 8.97. The lowest BCUT2D eigenvalue weighted by Gasteiger charge is -2.11. The summed E-state index contributed by atoms with van der Waals surface area (Å²) in [6.07, 6.45) is 2.55. The van der Waals surface area contributed by atoms with Gasteiger partial charge in [0.1, 0.15) is 0 Å². The van der Waals surface area contributed by atoms with Crippen molar-refractivity contribution in [2.45, 2.75) is 17.4 Å². The maximum absolute atomic E-state index is 11.3. The first kappa shape index (κ1) is 13.7. The number of aliphatic hydroxyl groups excluding tert-OH is 1. The number of hydrogen-bond donors (Lipinski definition) is 1. The predicted molar refractivity (Wildman–Crippen MR) is 72.5 cm³/mol. The second-order valence-corrected chi connectivity index (χ2v) is 6.40. The van der Waals surface area contributed by atoms with Gasteiger partial charge in [-0.3, -0.25) is 4.98 Å². The molecule has 1 unspecified atom stereocenters. The zero-order chi connectivity index (χ0) is 13.9. The summed E-state index contributed by atoms with van der Waals surface area (Å²) < 4.78 is 22.7. The molecule has 0 aliphatic carbocycles. The van der Waals surface area contributed by atoms with Crippen LogP contribution in [0.25, 0.3) is 0 Å². The topological polar surface area (TPSA) is 67.3 Å². The van der Waals surface area contributed by atoms with E-state index in [1.165, 1.54) is 12.1 Å². The molecule has 0 fully saturated rings. The standard InChI is InChI=1S/C14H15NO3S/c1-19(17,18)13-7-5-11(6-8-13)14(16)10-12-4-2-3-9-15-12/h2-9,14,16H,10H2,1H3. The number of pyridine rings is 1. The van der Waals surface area contributed by atoms with Crippen LogP contribution in [0, 0.1) is 0 Å². The zero-order valence-electron chi connectivity index (χ0n) is 10.5. The van der Waals surface area contributed by atoms with Gasteiger partial charge in [-0.2, -0.15) is 0 Å². The van der Waals surface area contributed by atoms with Crippen LogP contribution in [0.3, 0.4) is 0 Å². The molecule has 0 saturated carbocycles. The van der Waals surface area contributed by atoms with Gasteiger partial charge in [-0.25, -0.2) is 8.42 Å². The van der Waals surface area contributed by atoms with Crippen molar-refractivity contribution in [1.29, 1.82) is 0 Å². The SMILES string of the molecule is CS(=O)(=O)c1ccc(C(O)Cc2ccccn2)cc1. The lowest BCUT2D eigenvalue weighted by atomic mass is 10.0. The van der Waals surface area contributed by atoms with Gasteiger partial charge in [-0.15, -0.1) is 0 Å². The molecule has 0 bridgehead atoms. The Balaban J connectivity index is 2.14. The largest absolute Gasteiger partial charge is 0.388 e. The number of nitrogens with zero attached hydrogens (tertiary/aromatic N) is 1. The Morgan fingerprint density at radius 3 is 2.37 bits per heavy atom. The molecule has 1 aromatic heterocycles. The number of aliphatic hydroxyl groups is 1. The van der Waals surface area contributed by atoms with Crippen molar-refractivity contribution in [3.63, 3.8) is 0 Å². The highest BCUT2D eigenvalue weighted by molar-refractivity contribution is 7.90. The molecular formula is C14H15NO3S. The molecule has 4 nitrogen and oxygen atoms in total. The monoisotopic (exact) mass is 277 g/mol. The van der Waals surface area contributed by atoms with Crippen LogP contribution in [0.15, 0.2) is 53.6 Å². The molecule has 1 heterocycles. The normalized spacial score (nSPS) is 13.2. The van der Waals surface area contributed by atoms with Gasteiger partial charge in [0.15, 0.2) is 9.84 Å². The number of aromatic nitrogens is 1. The van der Waals surface area contributed by atoms with E-state index in [0.29, 0.717) is 12.0 Å². The van der Waals surface area contributed by atoms with Gasteiger partial charge in [-0.1, -0.05) is 18.2 Å². The van der Waals surface area contributed by atoms with Crippen molar-refractivity contribution in [2.75, 3.05) is 6.26 Å². The van der Waals surface area contributed by atoms with Crippen LogP contribution < -0.4 is 0 Å². The molecule has 100 valence electrons. The highest BCUT2D eigenvalue weighted by Gasteiger charge is 2.11. The van der Waals surface area contributed by atoms with E-state index in [1.54, 1.807) is 18.3 Å². The van der Waals surface area contributed by atoms with Gasteiger partial charge < -0.3 is 5.11 Å². The minimum atomic E-state index is -3.20. The van der Waals surface area contributed by atoms with Gasteiger partial charge in [0.2, 0.25) is 0 Å². The molecule has 1 N–H and O–H groups in total. The third-order valence-corrected chi connectivity index (χ3v) is 3.95. The zero-order valence-corrected chi connectivity index (χ0v) is 11.3. The van der Waals surface area contributed by atoms with Crippen LogP contribution in [-0.2, 0) is 16.3 Å². The summed E-state index contributed by atoms with van der Waals surface area (Å²) in [5.74, 6) is 0. The molecule has 2 rings (SSSR count). The lowest BCUT2D eigenvalue weighted by molar-refractivity contribution is 0.177. The molecule has 19 heavy (non-hydrogen) atoms. The van der Waals surface area contributed by atoms with Gasteiger partial charge in [-0.05, 0) is 29.8 Å². The van der Waals surface area contributed by atoms with Crippen molar-refractivity contribution in [2.24, 2.45) is 0 Å². The van der Waals surface area contributed by atoms with E-state index in [0.717, 1.165) is 11.9 Å². The molecular weight excluding hydrogens is 262 g/mol. The summed E-state index contributed by atoms with van der Waals surface area (Å²) >= 11 is 0. The summed E-state index contributed by atoms with van der Waals surface area (Å²) in [5, 5.41) is 10.1. The lowest BCUT2D eigenvalue weighted by Crippen LogP contribution is -2.04. The van der Waals surface area contributed by atoms with Crippen molar-refractivity contribution in [1.82, 2.24) is 4.98 Å². The maximum Gasteiger partial charge on any atom is 0.175 e. The summed E-state index contributed by atoms with van der Waals surface area (Å²) in [6.45, 7) is 0. The Morgan fingerprint density at radius 2 is 1.84 bits per heavy atom. The van der Waals surface area contributed by atoms with Gasteiger partial charge in [0, 0.05) is 24.6 Å². The van der Waals surface area contributed by atoms with Gasteiger partial charge >= 0.3 is 0 Å². The van der Waals surface area contributed by atoms with Crippen molar-refractivity contribution >= 4 is 9.84 Å². The van der Waals surface area contributed by atoms with E-state index in [-0.39, 0.29) is 4.90 Å². The smallest absolute Gasteiger partial charge is 0.175 e. The van der Waals surface area contributed by atoms with Crippen LogP contribution >= 0.6 is 0 Å². The first-order valence-electron chi connectivity index (χ1n) is 5.85. The maximum atomic E-state index is 11.3. The average molecular weight is 277 g/mol. The molecule has 0 saturated heterocycles. The molecule has 0 radical (unpaired) electrons. The third kappa shape index (κ3) is 3.62. The summed E-state index contributed by atoms with van der Waals surface area (Å²) in [7, 11) is -3.20. The molecule has 0 spiro atoms. The Bertz CT molecular complexity index is 636. The third-order valence-electron chi connectivity index (χ3n) is 2.82. The highest BCUT2D eigenvalue weighted by atomic mass is 32.2. The van der Waals surface area contributed by atoms with Crippen molar-refractivity contribution in [3.05, 3.63) is 59.9 Å². The van der Waals surface area contributed by atoms with E-state index in [9.17, 15) is 13.5 Å². The minimum Gasteiger partial charge on any atom is -0.388 e. The van der Waals surface area contributed by atoms with Crippen LogP contribution in [-0.4, -0.2) is 24.8 Å². The minimum absolute atomic E-state index is 0.251. The number of benzene rings is 1. The number of hydrogen-bond acceptors (Lipinski definition) is 4. The van der Waals surface area contributed by atoms with Crippen molar-refractivity contribution < 1.29 is 13.5 Å². The van der Waals surface area contributed by atoms with E-state index < -0.39 is 15.9 Å². The van der Waals surface area contributed by atoms with E-state index in [1.807, 2.05) is 18.2 Å². The Labute approximate surface area is 112 Å². The Kier molecular flexibility index (Phi) is 3.97. The van der Waals surface area contributed by atoms with Crippen LogP contribution in [0.1, 0.15) is 17.4 Å². The fourth-order valence-corrected chi connectivity index (χ4v) is 2.40. The first-order valence-corrected chi connectivity index (χ1v) is 7.74. The van der Waals surface area contributed by atoms with Crippen LogP contribution in [0.2, 0.25) is 0 Å². The second-order valence-electron chi connectivity index (χ2n) is 4.38. The fourth-order valence-electron chi connectivity index (χ4n) is 1.77. The fraction of sp³-hybridized carbons (Fsp3) is 0.214. The van der Waals surface area contributed by atoms with Gasteiger partial charge in [0.05, 0.1) is 11.0 Å². The molecule has 1 atom stereocenters. The molecule has 0 aliphatic heterocycles. The molecule has 2 aromatic rings. The van der Waals surface area contributed by atoms with Crippen LogP contribution in [0.4, 0.5) is 0 Å². The quantitative estimate of drug-likeness (QED) is 0.924. The molecule has 1 aromatic carbocycles.